The molecule has 152 valence electrons. The van der Waals surface area contributed by atoms with Crippen molar-refractivity contribution in [3.05, 3.63) is 102 Å². The number of anilines is 2. The van der Waals surface area contributed by atoms with E-state index in [1.54, 1.807) is 36.4 Å². The van der Waals surface area contributed by atoms with Crippen LogP contribution in [-0.2, 0) is 11.2 Å². The minimum absolute atomic E-state index is 0.0673. The maximum Gasteiger partial charge on any atom is 0.243 e. The van der Waals surface area contributed by atoms with E-state index in [4.69, 9.17) is 0 Å². The van der Waals surface area contributed by atoms with E-state index in [0.29, 0.717) is 17.8 Å². The smallest absolute Gasteiger partial charge is 0.243 e. The summed E-state index contributed by atoms with van der Waals surface area (Å²) in [5.41, 5.74) is 9.41. The summed E-state index contributed by atoms with van der Waals surface area (Å²) in [6, 6.07) is 21.3. The molecule has 0 aliphatic carbocycles. The number of hydrogen-bond acceptors (Lipinski definition) is 5. The van der Waals surface area contributed by atoms with Crippen LogP contribution in [0.25, 0.3) is 0 Å². The molecule has 0 atom stereocenters. The van der Waals surface area contributed by atoms with Gasteiger partial charge in [-0.3, -0.25) is 9.59 Å². The predicted octanol–water partition coefficient (Wildman–Crippen LogP) is 3.91. The first-order chi connectivity index (χ1) is 14.6. The number of hydrogen-bond donors (Lipinski definition) is 4. The Morgan fingerprint density at radius 2 is 1.57 bits per heavy atom. The van der Waals surface area contributed by atoms with E-state index in [0.717, 1.165) is 17.7 Å². The van der Waals surface area contributed by atoms with Crippen molar-refractivity contribution >= 4 is 23.1 Å². The van der Waals surface area contributed by atoms with Gasteiger partial charge in [0.2, 0.25) is 5.91 Å². The first kappa shape index (κ1) is 20.7. The topological polar surface area (TPSA) is 90.5 Å². The number of phenolic OH excluding ortho intramolecular Hbond substituents is 1. The summed E-state index contributed by atoms with van der Waals surface area (Å²) in [6.07, 6.45) is 1.97. The van der Waals surface area contributed by atoms with Crippen molar-refractivity contribution in [1.29, 1.82) is 0 Å². The number of benzene rings is 3. The molecule has 0 fully saturated rings. The van der Waals surface area contributed by atoms with E-state index in [1.807, 2.05) is 30.3 Å². The van der Waals surface area contributed by atoms with Crippen molar-refractivity contribution in [2.75, 3.05) is 17.4 Å². The summed E-state index contributed by atoms with van der Waals surface area (Å²) in [6.45, 7) is 3.96. The van der Waals surface area contributed by atoms with Gasteiger partial charge in [0.05, 0.1) is 16.9 Å². The van der Waals surface area contributed by atoms with Crippen LogP contribution in [0.3, 0.4) is 0 Å². The standard InChI is InChI=1S/C24H23N3O3/c1-2-23(29)25-15-14-17-8-10-19(11-9-17)26-27-20-12-13-22(28)21(16-20)24(30)18-6-4-3-5-7-18/h2-13,16,26-28H,1,14-15H2,(H,25,29). The molecule has 0 aliphatic rings. The largest absolute Gasteiger partial charge is 0.507 e. The number of nitrogens with one attached hydrogen (secondary N) is 3. The van der Waals surface area contributed by atoms with Crippen molar-refractivity contribution in [2.45, 2.75) is 6.42 Å². The van der Waals surface area contributed by atoms with E-state index in [-0.39, 0.29) is 23.0 Å². The number of carbonyl (C=O) groups is 2. The molecule has 1 amide bonds. The zero-order valence-electron chi connectivity index (χ0n) is 16.4. The molecule has 0 aliphatic heterocycles. The lowest BCUT2D eigenvalue weighted by Gasteiger charge is -2.12. The molecule has 3 aromatic rings. The zero-order chi connectivity index (χ0) is 21.3. The number of aromatic hydroxyl groups is 1. The zero-order valence-corrected chi connectivity index (χ0v) is 16.4. The van der Waals surface area contributed by atoms with Gasteiger partial charge in [-0.1, -0.05) is 49.0 Å². The van der Waals surface area contributed by atoms with Gasteiger partial charge in [0, 0.05) is 12.1 Å². The predicted molar refractivity (Wildman–Crippen MR) is 119 cm³/mol. The molecule has 4 N–H and O–H groups in total. The van der Waals surface area contributed by atoms with Crippen molar-refractivity contribution in [3.8, 4) is 5.75 Å². The maximum absolute atomic E-state index is 12.6. The fourth-order valence-electron chi connectivity index (χ4n) is 2.84. The van der Waals surface area contributed by atoms with Crippen LogP contribution in [0, 0.1) is 0 Å². The minimum Gasteiger partial charge on any atom is -0.507 e. The second-order valence-electron chi connectivity index (χ2n) is 6.62. The normalized spacial score (nSPS) is 10.1. The summed E-state index contributed by atoms with van der Waals surface area (Å²) in [7, 11) is 0. The molecule has 6 heteroatoms. The van der Waals surface area contributed by atoms with Crippen LogP contribution in [0.15, 0.2) is 85.5 Å². The number of amides is 1. The molecular formula is C24H23N3O3. The molecule has 0 unspecified atom stereocenters. The lowest BCUT2D eigenvalue weighted by Crippen LogP contribution is -2.23. The van der Waals surface area contributed by atoms with Gasteiger partial charge in [0.25, 0.3) is 0 Å². The van der Waals surface area contributed by atoms with Gasteiger partial charge in [0.1, 0.15) is 5.75 Å². The van der Waals surface area contributed by atoms with E-state index >= 15 is 0 Å². The number of carbonyl (C=O) groups excluding carboxylic acids is 2. The Labute approximate surface area is 175 Å². The van der Waals surface area contributed by atoms with E-state index < -0.39 is 0 Å². The summed E-state index contributed by atoms with van der Waals surface area (Å²) >= 11 is 0. The minimum atomic E-state index is -0.246. The number of hydrazine groups is 1. The molecule has 3 aromatic carbocycles. The molecule has 30 heavy (non-hydrogen) atoms. The molecule has 0 bridgehead atoms. The van der Waals surface area contributed by atoms with Crippen molar-refractivity contribution in [1.82, 2.24) is 5.32 Å². The average Bonchev–Trinajstić information content (AvgIpc) is 2.79. The Morgan fingerprint density at radius 3 is 2.27 bits per heavy atom. The van der Waals surface area contributed by atoms with Crippen LogP contribution < -0.4 is 16.2 Å². The van der Waals surface area contributed by atoms with Crippen molar-refractivity contribution in [3.63, 3.8) is 0 Å². The molecule has 3 rings (SSSR count). The summed E-state index contributed by atoms with van der Waals surface area (Å²) in [5, 5.41) is 12.8. The Balaban J connectivity index is 1.60. The molecule has 0 radical (unpaired) electrons. The van der Waals surface area contributed by atoms with Crippen LogP contribution in [0.5, 0.6) is 5.75 Å². The molecule has 0 spiro atoms. The molecular weight excluding hydrogens is 378 g/mol. The monoisotopic (exact) mass is 401 g/mol. The summed E-state index contributed by atoms with van der Waals surface area (Å²) < 4.78 is 0. The van der Waals surface area contributed by atoms with E-state index in [9.17, 15) is 14.7 Å². The van der Waals surface area contributed by atoms with Crippen LogP contribution in [-0.4, -0.2) is 23.3 Å². The summed E-state index contributed by atoms with van der Waals surface area (Å²) in [5.74, 6) is -0.497. The van der Waals surface area contributed by atoms with Gasteiger partial charge >= 0.3 is 0 Å². The number of rotatable bonds is 9. The second-order valence-corrected chi connectivity index (χ2v) is 6.62. The molecule has 6 nitrogen and oxygen atoms in total. The second kappa shape index (κ2) is 9.93. The lowest BCUT2D eigenvalue weighted by atomic mass is 10.0. The van der Waals surface area contributed by atoms with Gasteiger partial charge in [-0.15, -0.1) is 0 Å². The molecule has 0 aromatic heterocycles. The maximum atomic E-state index is 12.6. The highest BCUT2D eigenvalue weighted by molar-refractivity contribution is 6.11. The third-order valence-electron chi connectivity index (χ3n) is 4.48. The van der Waals surface area contributed by atoms with Crippen molar-refractivity contribution in [2.24, 2.45) is 0 Å². The highest BCUT2D eigenvalue weighted by atomic mass is 16.3. The van der Waals surface area contributed by atoms with Crippen LogP contribution >= 0.6 is 0 Å². The van der Waals surface area contributed by atoms with Crippen molar-refractivity contribution < 1.29 is 14.7 Å². The quantitative estimate of drug-likeness (QED) is 0.189. The number of phenols is 1. The SMILES string of the molecule is C=CC(=O)NCCc1ccc(NNc2ccc(O)c(C(=O)c3ccccc3)c2)cc1. The fourth-order valence-corrected chi connectivity index (χ4v) is 2.84. The van der Waals surface area contributed by atoms with E-state index in [2.05, 4.69) is 22.7 Å². The third kappa shape index (κ3) is 5.48. The fraction of sp³-hybridized carbons (Fsp3) is 0.0833. The van der Waals surface area contributed by atoms with Gasteiger partial charge in [-0.2, -0.15) is 0 Å². The molecule has 0 saturated carbocycles. The Hall–Kier alpha value is -4.06. The lowest BCUT2D eigenvalue weighted by molar-refractivity contribution is -0.116. The molecule has 0 saturated heterocycles. The number of ketones is 1. The van der Waals surface area contributed by atoms with Crippen LogP contribution in [0.2, 0.25) is 0 Å². The Bertz CT molecular complexity index is 1030. The van der Waals surface area contributed by atoms with Gasteiger partial charge in [-0.25, -0.2) is 0 Å². The van der Waals surface area contributed by atoms with Gasteiger partial charge in [0.15, 0.2) is 5.78 Å². The molecule has 0 heterocycles. The first-order valence-corrected chi connectivity index (χ1v) is 9.51. The highest BCUT2D eigenvalue weighted by Gasteiger charge is 2.14. The average molecular weight is 401 g/mol. The van der Waals surface area contributed by atoms with Crippen LogP contribution in [0.1, 0.15) is 21.5 Å². The van der Waals surface area contributed by atoms with Crippen LogP contribution in [0.4, 0.5) is 11.4 Å². The van der Waals surface area contributed by atoms with Gasteiger partial charge < -0.3 is 21.3 Å². The highest BCUT2D eigenvalue weighted by Crippen LogP contribution is 2.24. The Kier molecular flexibility index (Phi) is 6.84. The third-order valence-corrected chi connectivity index (χ3v) is 4.48. The Morgan fingerprint density at radius 1 is 0.900 bits per heavy atom. The first-order valence-electron chi connectivity index (χ1n) is 9.51. The summed E-state index contributed by atoms with van der Waals surface area (Å²) in [4.78, 5) is 23.8. The van der Waals surface area contributed by atoms with E-state index in [1.165, 1.54) is 12.1 Å². The van der Waals surface area contributed by atoms with Gasteiger partial charge in [-0.05, 0) is 48.4 Å².